The maximum atomic E-state index is 12.7. The molecule has 2 aromatic rings. The van der Waals surface area contributed by atoms with E-state index in [0.29, 0.717) is 5.69 Å². The van der Waals surface area contributed by atoms with E-state index in [0.717, 1.165) is 11.1 Å². The molecule has 1 aromatic heterocycles. The van der Waals surface area contributed by atoms with Crippen LogP contribution in [0.25, 0.3) is 0 Å². The number of rotatable bonds is 3. The summed E-state index contributed by atoms with van der Waals surface area (Å²) in [6, 6.07) is 5.61. The van der Waals surface area contributed by atoms with E-state index in [1.165, 1.54) is 16.0 Å². The lowest BCUT2D eigenvalue weighted by Crippen LogP contribution is -2.29. The van der Waals surface area contributed by atoms with Crippen molar-refractivity contribution >= 4 is 31.6 Å². The summed E-state index contributed by atoms with van der Waals surface area (Å²) >= 11 is 3.12. The highest BCUT2D eigenvalue weighted by atomic mass is 79.9. The second-order valence-electron chi connectivity index (χ2n) is 4.57. The summed E-state index contributed by atoms with van der Waals surface area (Å²) in [5, 5.41) is 7.46. The fraction of sp³-hybridized carbons (Fsp3) is 0.333. The molecule has 0 spiro atoms. The van der Waals surface area contributed by atoms with Gasteiger partial charge in [-0.3, -0.25) is 4.31 Å². The number of sulfonamides is 1. The molecule has 0 aliphatic rings. The Labute approximate surface area is 126 Å². The van der Waals surface area contributed by atoms with Crippen molar-refractivity contribution in [2.45, 2.75) is 18.9 Å². The van der Waals surface area contributed by atoms with Crippen LogP contribution in [0.4, 0.5) is 5.69 Å². The monoisotopic (exact) mass is 358 g/mol. The molecular weight excluding hydrogens is 344 g/mol. The van der Waals surface area contributed by atoms with Crippen LogP contribution in [0.2, 0.25) is 0 Å². The average Bonchev–Trinajstić information content (AvgIpc) is 2.68. The minimum atomic E-state index is -3.72. The fourth-order valence-corrected chi connectivity index (χ4v) is 4.30. The van der Waals surface area contributed by atoms with Gasteiger partial charge in [0.1, 0.15) is 0 Å². The van der Waals surface area contributed by atoms with E-state index in [2.05, 4.69) is 26.2 Å². The smallest absolute Gasteiger partial charge is 0.268 e. The molecule has 0 bridgehead atoms. The molecule has 0 atom stereocenters. The normalized spacial score (nSPS) is 11.7. The highest BCUT2D eigenvalue weighted by Crippen LogP contribution is 2.28. The quantitative estimate of drug-likeness (QED) is 0.841. The van der Waals surface area contributed by atoms with Gasteiger partial charge in [-0.2, -0.15) is 8.42 Å². The SMILES string of the molecule is Cc1ccc(N(C)S(=O)(=O)c2c(Br)nnn2C)c(C)c1. The van der Waals surface area contributed by atoms with E-state index in [4.69, 9.17) is 0 Å². The third-order valence-electron chi connectivity index (χ3n) is 3.03. The second kappa shape index (κ2) is 5.17. The Bertz CT molecular complexity index is 735. The molecule has 1 heterocycles. The number of halogens is 1. The van der Waals surface area contributed by atoms with E-state index < -0.39 is 10.0 Å². The molecule has 1 aromatic carbocycles. The lowest BCUT2D eigenvalue weighted by molar-refractivity contribution is 0.572. The Balaban J connectivity index is 2.55. The maximum Gasteiger partial charge on any atom is 0.284 e. The minimum Gasteiger partial charge on any atom is -0.268 e. The van der Waals surface area contributed by atoms with Gasteiger partial charge in [0, 0.05) is 14.1 Å². The van der Waals surface area contributed by atoms with E-state index in [1.54, 1.807) is 13.1 Å². The van der Waals surface area contributed by atoms with Crippen LogP contribution in [0.3, 0.4) is 0 Å². The van der Waals surface area contributed by atoms with Crippen LogP contribution in [0.15, 0.2) is 27.8 Å². The van der Waals surface area contributed by atoms with Gasteiger partial charge >= 0.3 is 0 Å². The molecule has 0 amide bonds. The average molecular weight is 359 g/mol. The van der Waals surface area contributed by atoms with Gasteiger partial charge in [0.15, 0.2) is 4.60 Å². The second-order valence-corrected chi connectivity index (χ2v) is 7.21. The van der Waals surface area contributed by atoms with E-state index >= 15 is 0 Å². The molecule has 20 heavy (non-hydrogen) atoms. The first-order valence-electron chi connectivity index (χ1n) is 5.86. The summed E-state index contributed by atoms with van der Waals surface area (Å²) in [7, 11) is -0.659. The van der Waals surface area contributed by atoms with Crippen molar-refractivity contribution < 1.29 is 8.42 Å². The Hall–Kier alpha value is -1.41. The number of aryl methyl sites for hydroxylation is 3. The van der Waals surface area contributed by atoms with Crippen LogP contribution < -0.4 is 4.31 Å². The van der Waals surface area contributed by atoms with Gasteiger partial charge in [-0.1, -0.05) is 22.9 Å². The molecule has 0 radical (unpaired) electrons. The summed E-state index contributed by atoms with van der Waals surface area (Å²) < 4.78 is 28.0. The van der Waals surface area contributed by atoms with Gasteiger partial charge in [-0.05, 0) is 41.4 Å². The highest BCUT2D eigenvalue weighted by Gasteiger charge is 2.29. The van der Waals surface area contributed by atoms with Crippen molar-refractivity contribution in [2.24, 2.45) is 7.05 Å². The summed E-state index contributed by atoms with van der Waals surface area (Å²) in [5.74, 6) is 0. The fourth-order valence-electron chi connectivity index (χ4n) is 2.01. The molecule has 0 aliphatic heterocycles. The molecule has 0 aliphatic carbocycles. The molecule has 6 nitrogen and oxygen atoms in total. The number of anilines is 1. The van der Waals surface area contributed by atoms with E-state index in [-0.39, 0.29) is 9.63 Å². The summed E-state index contributed by atoms with van der Waals surface area (Å²) in [5.41, 5.74) is 2.60. The lowest BCUT2D eigenvalue weighted by atomic mass is 10.1. The first-order valence-corrected chi connectivity index (χ1v) is 8.10. The molecular formula is C12H15BrN4O2S. The van der Waals surface area contributed by atoms with Gasteiger partial charge < -0.3 is 0 Å². The number of nitrogens with zero attached hydrogens (tertiary/aromatic N) is 4. The molecule has 0 fully saturated rings. The Kier molecular flexibility index (Phi) is 3.88. The van der Waals surface area contributed by atoms with Crippen LogP contribution in [0.5, 0.6) is 0 Å². The van der Waals surface area contributed by atoms with Crippen LogP contribution in [0, 0.1) is 13.8 Å². The van der Waals surface area contributed by atoms with Crippen LogP contribution in [0.1, 0.15) is 11.1 Å². The maximum absolute atomic E-state index is 12.7. The standard InChI is InChI=1S/C12H15BrN4O2S/c1-8-5-6-10(9(2)7-8)17(4)20(18,19)12-11(13)14-15-16(12)3/h5-7H,1-4H3. The van der Waals surface area contributed by atoms with Gasteiger partial charge in [-0.15, -0.1) is 5.10 Å². The molecule has 0 saturated carbocycles. The van der Waals surface area contributed by atoms with Gasteiger partial charge in [0.25, 0.3) is 10.0 Å². The van der Waals surface area contributed by atoms with Crippen molar-refractivity contribution in [1.29, 1.82) is 0 Å². The molecule has 0 saturated heterocycles. The minimum absolute atomic E-state index is 0.0278. The molecule has 0 N–H and O–H groups in total. The zero-order chi connectivity index (χ0) is 15.1. The Morgan fingerprint density at radius 2 is 1.95 bits per heavy atom. The molecule has 0 unspecified atom stereocenters. The van der Waals surface area contributed by atoms with Gasteiger partial charge in [0.2, 0.25) is 5.03 Å². The summed E-state index contributed by atoms with van der Waals surface area (Å²) in [6.07, 6.45) is 0. The Morgan fingerprint density at radius 3 is 2.45 bits per heavy atom. The Morgan fingerprint density at radius 1 is 1.30 bits per heavy atom. The number of hydrogen-bond acceptors (Lipinski definition) is 4. The highest BCUT2D eigenvalue weighted by molar-refractivity contribution is 9.10. The summed E-state index contributed by atoms with van der Waals surface area (Å²) in [6.45, 7) is 3.85. The zero-order valence-electron chi connectivity index (χ0n) is 11.6. The number of benzene rings is 1. The van der Waals surface area contributed by atoms with Crippen LogP contribution in [-0.2, 0) is 17.1 Å². The van der Waals surface area contributed by atoms with Crippen molar-refractivity contribution in [3.8, 4) is 0 Å². The molecule has 108 valence electrons. The topological polar surface area (TPSA) is 68.1 Å². The lowest BCUT2D eigenvalue weighted by Gasteiger charge is -2.21. The van der Waals surface area contributed by atoms with E-state index in [1.807, 2.05) is 26.0 Å². The van der Waals surface area contributed by atoms with Crippen molar-refractivity contribution in [3.63, 3.8) is 0 Å². The molecule has 8 heteroatoms. The van der Waals surface area contributed by atoms with Crippen LogP contribution in [-0.4, -0.2) is 30.5 Å². The van der Waals surface area contributed by atoms with Crippen molar-refractivity contribution in [1.82, 2.24) is 15.0 Å². The predicted molar refractivity (Wildman–Crippen MR) is 80.2 cm³/mol. The third-order valence-corrected chi connectivity index (χ3v) is 5.69. The summed E-state index contributed by atoms with van der Waals surface area (Å²) in [4.78, 5) is 0. The van der Waals surface area contributed by atoms with Crippen molar-refractivity contribution in [3.05, 3.63) is 33.9 Å². The first-order chi connectivity index (χ1) is 9.25. The molecule has 2 rings (SSSR count). The van der Waals surface area contributed by atoms with Crippen molar-refractivity contribution in [2.75, 3.05) is 11.4 Å². The third kappa shape index (κ3) is 2.45. The predicted octanol–water partition coefficient (Wildman–Crippen LogP) is 2.02. The largest absolute Gasteiger partial charge is 0.284 e. The number of hydrogen-bond donors (Lipinski definition) is 0. The number of aromatic nitrogens is 3. The first kappa shape index (κ1) is 15.0. The van der Waals surface area contributed by atoms with Gasteiger partial charge in [0.05, 0.1) is 5.69 Å². The van der Waals surface area contributed by atoms with Gasteiger partial charge in [-0.25, -0.2) is 4.68 Å². The van der Waals surface area contributed by atoms with E-state index in [9.17, 15) is 8.42 Å². The zero-order valence-corrected chi connectivity index (χ0v) is 14.0. The van der Waals surface area contributed by atoms with Crippen LogP contribution >= 0.6 is 15.9 Å².